The van der Waals surface area contributed by atoms with Gasteiger partial charge >= 0.3 is 0 Å². The Morgan fingerprint density at radius 1 is 1.61 bits per heavy atom. The van der Waals surface area contributed by atoms with Crippen LogP contribution in [0.5, 0.6) is 0 Å². The van der Waals surface area contributed by atoms with Gasteiger partial charge in [0.15, 0.2) is 0 Å². The standard InChI is InChI=1S/C12H17BrN4O/c1-17-12(18)11(13)10(8-16-17)15-7-4-9-2-5-14-6-3-9/h2,8,14-15H,3-7H2,1H3. The van der Waals surface area contributed by atoms with Crippen molar-refractivity contribution in [1.82, 2.24) is 15.1 Å². The Kier molecular flexibility index (Phi) is 4.54. The monoisotopic (exact) mass is 312 g/mol. The van der Waals surface area contributed by atoms with Crippen molar-refractivity contribution in [2.75, 3.05) is 25.0 Å². The molecule has 0 aromatic carbocycles. The molecule has 98 valence electrons. The summed E-state index contributed by atoms with van der Waals surface area (Å²) >= 11 is 3.30. The third kappa shape index (κ3) is 3.20. The Morgan fingerprint density at radius 2 is 2.44 bits per heavy atom. The number of rotatable bonds is 4. The zero-order valence-corrected chi connectivity index (χ0v) is 12.0. The van der Waals surface area contributed by atoms with Crippen LogP contribution in [0.3, 0.4) is 0 Å². The Bertz CT molecular complexity index is 509. The van der Waals surface area contributed by atoms with E-state index in [2.05, 4.69) is 37.7 Å². The van der Waals surface area contributed by atoms with E-state index in [4.69, 9.17) is 0 Å². The second kappa shape index (κ2) is 6.15. The lowest BCUT2D eigenvalue weighted by Crippen LogP contribution is -2.22. The molecule has 6 heteroatoms. The zero-order valence-electron chi connectivity index (χ0n) is 10.4. The molecule has 2 N–H and O–H groups in total. The van der Waals surface area contributed by atoms with Crippen molar-refractivity contribution < 1.29 is 0 Å². The Morgan fingerprint density at radius 3 is 3.17 bits per heavy atom. The molecule has 0 fully saturated rings. The van der Waals surface area contributed by atoms with Gasteiger partial charge in [0.1, 0.15) is 4.47 Å². The quantitative estimate of drug-likeness (QED) is 0.822. The summed E-state index contributed by atoms with van der Waals surface area (Å²) in [5.74, 6) is 0. The van der Waals surface area contributed by atoms with Gasteiger partial charge in [-0.3, -0.25) is 4.79 Å². The summed E-state index contributed by atoms with van der Waals surface area (Å²) in [6.45, 7) is 2.84. The van der Waals surface area contributed by atoms with Gasteiger partial charge in [0, 0.05) is 20.1 Å². The van der Waals surface area contributed by atoms with Gasteiger partial charge in [-0.25, -0.2) is 4.68 Å². The number of hydrogen-bond acceptors (Lipinski definition) is 4. The van der Waals surface area contributed by atoms with Gasteiger partial charge in [0.2, 0.25) is 0 Å². The summed E-state index contributed by atoms with van der Waals surface area (Å²) < 4.78 is 1.85. The normalized spacial score (nSPS) is 15.3. The van der Waals surface area contributed by atoms with E-state index in [-0.39, 0.29) is 5.56 Å². The average molecular weight is 313 g/mol. The second-order valence-corrected chi connectivity index (χ2v) is 5.09. The molecule has 18 heavy (non-hydrogen) atoms. The highest BCUT2D eigenvalue weighted by molar-refractivity contribution is 9.10. The molecule has 0 spiro atoms. The van der Waals surface area contributed by atoms with Crippen molar-refractivity contribution in [2.24, 2.45) is 7.05 Å². The molecular weight excluding hydrogens is 296 g/mol. The molecule has 0 atom stereocenters. The molecular formula is C12H17BrN4O. The molecule has 1 aliphatic heterocycles. The predicted molar refractivity (Wildman–Crippen MR) is 75.9 cm³/mol. The topological polar surface area (TPSA) is 59.0 Å². The molecule has 0 aliphatic carbocycles. The van der Waals surface area contributed by atoms with Crippen LogP contribution in [-0.2, 0) is 7.05 Å². The molecule has 5 nitrogen and oxygen atoms in total. The Hall–Kier alpha value is -1.14. The fraction of sp³-hybridized carbons (Fsp3) is 0.500. The maximum Gasteiger partial charge on any atom is 0.282 e. The van der Waals surface area contributed by atoms with Crippen LogP contribution in [0.4, 0.5) is 5.69 Å². The minimum Gasteiger partial charge on any atom is -0.382 e. The third-order valence-electron chi connectivity index (χ3n) is 3.00. The highest BCUT2D eigenvalue weighted by atomic mass is 79.9. The largest absolute Gasteiger partial charge is 0.382 e. The zero-order chi connectivity index (χ0) is 13.0. The van der Waals surface area contributed by atoms with E-state index in [1.165, 1.54) is 10.3 Å². The van der Waals surface area contributed by atoms with E-state index in [1.807, 2.05) is 0 Å². The van der Waals surface area contributed by atoms with Crippen molar-refractivity contribution in [3.8, 4) is 0 Å². The van der Waals surface area contributed by atoms with Crippen LogP contribution in [-0.4, -0.2) is 29.4 Å². The lowest BCUT2D eigenvalue weighted by molar-refractivity contribution is 0.682. The number of aromatic nitrogens is 2. The van der Waals surface area contributed by atoms with E-state index >= 15 is 0 Å². The van der Waals surface area contributed by atoms with Crippen LogP contribution in [0.15, 0.2) is 27.1 Å². The Balaban J connectivity index is 1.92. The molecule has 1 aromatic rings. The van der Waals surface area contributed by atoms with Crippen molar-refractivity contribution in [1.29, 1.82) is 0 Å². The van der Waals surface area contributed by atoms with Gasteiger partial charge in [0.25, 0.3) is 5.56 Å². The summed E-state index contributed by atoms with van der Waals surface area (Å²) in [6, 6.07) is 0. The minimum absolute atomic E-state index is 0.124. The smallest absolute Gasteiger partial charge is 0.282 e. The van der Waals surface area contributed by atoms with E-state index in [9.17, 15) is 4.79 Å². The molecule has 0 saturated carbocycles. The molecule has 1 aromatic heterocycles. The van der Waals surface area contributed by atoms with Crippen molar-refractivity contribution in [2.45, 2.75) is 12.8 Å². The first-order chi connectivity index (χ1) is 8.68. The SMILES string of the molecule is Cn1ncc(NCCC2=CCNCC2)c(Br)c1=O. The van der Waals surface area contributed by atoms with Crippen LogP contribution in [0.25, 0.3) is 0 Å². The molecule has 0 bridgehead atoms. The molecule has 0 saturated heterocycles. The predicted octanol–water partition coefficient (Wildman–Crippen LogP) is 1.26. The molecule has 2 heterocycles. The van der Waals surface area contributed by atoms with Crippen molar-refractivity contribution in [3.63, 3.8) is 0 Å². The highest BCUT2D eigenvalue weighted by Gasteiger charge is 2.07. The van der Waals surface area contributed by atoms with E-state index in [1.54, 1.807) is 13.2 Å². The van der Waals surface area contributed by atoms with E-state index < -0.39 is 0 Å². The summed E-state index contributed by atoms with van der Waals surface area (Å²) in [5.41, 5.74) is 2.10. The fourth-order valence-electron chi connectivity index (χ4n) is 1.89. The van der Waals surface area contributed by atoms with Crippen LogP contribution in [0.2, 0.25) is 0 Å². The lowest BCUT2D eigenvalue weighted by Gasteiger charge is -2.15. The van der Waals surface area contributed by atoms with Gasteiger partial charge in [0.05, 0.1) is 11.9 Å². The maximum atomic E-state index is 11.6. The van der Waals surface area contributed by atoms with Gasteiger partial charge in [-0.05, 0) is 35.3 Å². The second-order valence-electron chi connectivity index (χ2n) is 4.29. The molecule has 0 unspecified atom stereocenters. The first-order valence-corrected chi connectivity index (χ1v) is 6.82. The maximum absolute atomic E-state index is 11.6. The molecule has 2 rings (SSSR count). The summed E-state index contributed by atoms with van der Waals surface area (Å²) in [6.07, 6.45) is 6.02. The summed E-state index contributed by atoms with van der Waals surface area (Å²) in [5, 5.41) is 10.5. The highest BCUT2D eigenvalue weighted by Crippen LogP contribution is 2.16. The molecule has 1 aliphatic rings. The fourth-order valence-corrected chi connectivity index (χ4v) is 2.39. The van der Waals surface area contributed by atoms with Gasteiger partial charge in [-0.2, -0.15) is 5.10 Å². The van der Waals surface area contributed by atoms with Gasteiger partial charge in [-0.15, -0.1) is 0 Å². The van der Waals surface area contributed by atoms with Gasteiger partial charge in [-0.1, -0.05) is 11.6 Å². The first kappa shape index (κ1) is 13.3. The van der Waals surface area contributed by atoms with Crippen molar-refractivity contribution >= 4 is 21.6 Å². The van der Waals surface area contributed by atoms with E-state index in [0.29, 0.717) is 4.47 Å². The first-order valence-electron chi connectivity index (χ1n) is 6.03. The number of anilines is 1. The van der Waals surface area contributed by atoms with E-state index in [0.717, 1.165) is 38.2 Å². The van der Waals surface area contributed by atoms with Crippen LogP contribution in [0.1, 0.15) is 12.8 Å². The summed E-state index contributed by atoms with van der Waals surface area (Å²) in [4.78, 5) is 11.6. The average Bonchev–Trinajstić information content (AvgIpc) is 2.40. The number of hydrogen-bond donors (Lipinski definition) is 2. The molecule has 0 radical (unpaired) electrons. The van der Waals surface area contributed by atoms with Crippen LogP contribution in [0, 0.1) is 0 Å². The van der Waals surface area contributed by atoms with Crippen molar-refractivity contribution in [3.05, 3.63) is 32.7 Å². The van der Waals surface area contributed by atoms with Crippen LogP contribution >= 0.6 is 15.9 Å². The molecule has 0 amide bonds. The van der Waals surface area contributed by atoms with Gasteiger partial charge < -0.3 is 10.6 Å². The third-order valence-corrected chi connectivity index (χ3v) is 3.76. The minimum atomic E-state index is -0.124. The number of nitrogens with zero attached hydrogens (tertiary/aromatic N) is 2. The Labute approximate surface area is 114 Å². The number of aryl methyl sites for hydroxylation is 1. The lowest BCUT2D eigenvalue weighted by atomic mass is 10.1. The summed E-state index contributed by atoms with van der Waals surface area (Å²) in [7, 11) is 1.64. The number of halogens is 1. The van der Waals surface area contributed by atoms with Crippen LogP contribution < -0.4 is 16.2 Å². The number of nitrogens with one attached hydrogen (secondary N) is 2.